The Morgan fingerprint density at radius 1 is 1.43 bits per heavy atom. The number of hydrogen-bond donors (Lipinski definition) is 2. The van der Waals surface area contributed by atoms with Crippen molar-refractivity contribution in [2.24, 2.45) is 0 Å². The number of nitrogens with one attached hydrogen (secondary N) is 2. The molecule has 7 nitrogen and oxygen atoms in total. The fourth-order valence-electron chi connectivity index (χ4n) is 2.10. The molecule has 8 heteroatoms. The van der Waals surface area contributed by atoms with Gasteiger partial charge in [0.05, 0.1) is 22.8 Å². The summed E-state index contributed by atoms with van der Waals surface area (Å²) in [5, 5.41) is 16.2. The van der Waals surface area contributed by atoms with Gasteiger partial charge in [-0.15, -0.1) is 0 Å². The normalized spacial score (nSPS) is 15.7. The summed E-state index contributed by atoms with van der Waals surface area (Å²) >= 11 is 0. The van der Waals surface area contributed by atoms with E-state index in [9.17, 15) is 19.3 Å². The average Bonchev–Trinajstić information content (AvgIpc) is 2.45. The molecule has 1 saturated heterocycles. The maximum absolute atomic E-state index is 13.2. The van der Waals surface area contributed by atoms with Crippen LogP contribution in [-0.4, -0.2) is 36.6 Å². The second kappa shape index (κ2) is 7.09. The Bertz CT molecular complexity index is 532. The summed E-state index contributed by atoms with van der Waals surface area (Å²) in [4.78, 5) is 21.6. The lowest BCUT2D eigenvalue weighted by Crippen LogP contribution is -2.34. The first-order valence-electron chi connectivity index (χ1n) is 6.62. The van der Waals surface area contributed by atoms with Crippen LogP contribution in [0.15, 0.2) is 18.2 Å². The van der Waals surface area contributed by atoms with Gasteiger partial charge in [0.1, 0.15) is 12.4 Å². The van der Waals surface area contributed by atoms with Gasteiger partial charge in [-0.1, -0.05) is 0 Å². The molecule has 0 bridgehead atoms. The van der Waals surface area contributed by atoms with Crippen LogP contribution in [0.4, 0.5) is 15.8 Å². The smallest absolute Gasteiger partial charge is 0.274 e. The predicted octanol–water partition coefficient (Wildman–Crippen LogP) is 1.44. The standard InChI is InChI=1S/C13H16FN3O4/c14-9-5-10(7-11(6-9)17(19)20)16-13(18)8-21-12-1-3-15-4-2-12/h5-7,12,15H,1-4,8H2,(H,16,18). The highest BCUT2D eigenvalue weighted by atomic mass is 19.1. The van der Waals surface area contributed by atoms with Gasteiger partial charge in [-0.25, -0.2) is 4.39 Å². The van der Waals surface area contributed by atoms with Crippen molar-refractivity contribution in [3.05, 3.63) is 34.1 Å². The highest BCUT2D eigenvalue weighted by molar-refractivity contribution is 5.92. The Morgan fingerprint density at radius 2 is 2.14 bits per heavy atom. The summed E-state index contributed by atoms with van der Waals surface area (Å²) in [7, 11) is 0. The largest absolute Gasteiger partial charge is 0.368 e. The summed E-state index contributed by atoms with van der Waals surface area (Å²) in [5.74, 6) is -1.24. The molecule has 0 aliphatic carbocycles. The van der Waals surface area contributed by atoms with E-state index in [-0.39, 0.29) is 18.4 Å². The Balaban J connectivity index is 1.88. The number of amides is 1. The SMILES string of the molecule is O=C(COC1CCNCC1)Nc1cc(F)cc([N+](=O)[O-])c1. The van der Waals surface area contributed by atoms with Crippen LogP contribution in [0, 0.1) is 15.9 Å². The number of halogens is 1. The third-order valence-electron chi connectivity index (χ3n) is 3.11. The first kappa shape index (κ1) is 15.3. The zero-order chi connectivity index (χ0) is 15.2. The number of carbonyl (C=O) groups excluding carboxylic acids is 1. The van der Waals surface area contributed by atoms with E-state index in [2.05, 4.69) is 10.6 Å². The molecule has 21 heavy (non-hydrogen) atoms. The third-order valence-corrected chi connectivity index (χ3v) is 3.11. The van der Waals surface area contributed by atoms with Crippen molar-refractivity contribution in [3.63, 3.8) is 0 Å². The minimum atomic E-state index is -0.779. The number of ether oxygens (including phenoxy) is 1. The lowest BCUT2D eigenvalue weighted by Gasteiger charge is -2.22. The van der Waals surface area contributed by atoms with E-state index >= 15 is 0 Å². The van der Waals surface area contributed by atoms with Crippen LogP contribution in [-0.2, 0) is 9.53 Å². The number of hydrogen-bond acceptors (Lipinski definition) is 5. The first-order valence-corrected chi connectivity index (χ1v) is 6.62. The molecule has 0 unspecified atom stereocenters. The highest BCUT2D eigenvalue weighted by Crippen LogP contribution is 2.20. The summed E-state index contributed by atoms with van der Waals surface area (Å²) in [6.45, 7) is 1.54. The molecule has 0 atom stereocenters. The van der Waals surface area contributed by atoms with E-state index in [0.29, 0.717) is 0 Å². The summed E-state index contributed by atoms with van der Waals surface area (Å²) in [6.07, 6.45) is 1.69. The van der Waals surface area contributed by atoms with E-state index in [1.165, 1.54) is 0 Å². The van der Waals surface area contributed by atoms with Gasteiger partial charge in [0.25, 0.3) is 5.69 Å². The number of nitro groups is 1. The zero-order valence-electron chi connectivity index (χ0n) is 11.3. The van der Waals surface area contributed by atoms with Crippen molar-refractivity contribution >= 4 is 17.3 Å². The molecule has 0 spiro atoms. The fraction of sp³-hybridized carbons (Fsp3) is 0.462. The maximum Gasteiger partial charge on any atom is 0.274 e. The average molecular weight is 297 g/mol. The van der Waals surface area contributed by atoms with Gasteiger partial charge in [0.15, 0.2) is 0 Å². The molecule has 0 saturated carbocycles. The van der Waals surface area contributed by atoms with Gasteiger partial charge in [0, 0.05) is 6.07 Å². The molecule has 0 aromatic heterocycles. The van der Waals surface area contributed by atoms with Crippen LogP contribution in [0.25, 0.3) is 0 Å². The molecule has 0 radical (unpaired) electrons. The number of piperidine rings is 1. The van der Waals surface area contributed by atoms with Gasteiger partial charge in [-0.2, -0.15) is 0 Å². The fourth-order valence-corrected chi connectivity index (χ4v) is 2.10. The zero-order valence-corrected chi connectivity index (χ0v) is 11.3. The number of non-ortho nitro benzene ring substituents is 1. The number of benzene rings is 1. The van der Waals surface area contributed by atoms with Crippen LogP contribution in [0.2, 0.25) is 0 Å². The Morgan fingerprint density at radius 3 is 2.81 bits per heavy atom. The predicted molar refractivity (Wildman–Crippen MR) is 73.5 cm³/mol. The molecule has 1 aromatic rings. The van der Waals surface area contributed by atoms with Crippen molar-refractivity contribution in [2.75, 3.05) is 25.0 Å². The van der Waals surface area contributed by atoms with Gasteiger partial charge < -0.3 is 15.4 Å². The molecule has 1 fully saturated rings. The molecule has 2 N–H and O–H groups in total. The maximum atomic E-state index is 13.2. The van der Waals surface area contributed by atoms with Crippen molar-refractivity contribution in [3.8, 4) is 0 Å². The Labute approximate surface area is 120 Å². The number of nitro benzene ring substituents is 1. The second-order valence-electron chi connectivity index (χ2n) is 4.76. The van der Waals surface area contributed by atoms with Crippen molar-refractivity contribution in [1.29, 1.82) is 0 Å². The van der Waals surface area contributed by atoms with Gasteiger partial charge >= 0.3 is 0 Å². The minimum Gasteiger partial charge on any atom is -0.368 e. The minimum absolute atomic E-state index is 0.0267. The van der Waals surface area contributed by atoms with Crippen molar-refractivity contribution in [2.45, 2.75) is 18.9 Å². The number of carbonyl (C=O) groups is 1. The van der Waals surface area contributed by atoms with Crippen LogP contribution < -0.4 is 10.6 Å². The number of anilines is 1. The van der Waals surface area contributed by atoms with Crippen LogP contribution >= 0.6 is 0 Å². The molecule has 1 aliphatic heterocycles. The van der Waals surface area contributed by atoms with E-state index in [4.69, 9.17) is 4.74 Å². The molecule has 1 aliphatic rings. The molecule has 1 heterocycles. The summed E-state index contributed by atoms with van der Waals surface area (Å²) < 4.78 is 18.7. The molecule has 1 aromatic carbocycles. The number of rotatable bonds is 5. The lowest BCUT2D eigenvalue weighted by molar-refractivity contribution is -0.385. The lowest BCUT2D eigenvalue weighted by atomic mass is 10.1. The summed E-state index contributed by atoms with van der Waals surface area (Å²) in [6, 6.07) is 2.92. The first-order chi connectivity index (χ1) is 10.0. The van der Waals surface area contributed by atoms with E-state index in [1.54, 1.807) is 0 Å². The topological polar surface area (TPSA) is 93.5 Å². The summed E-state index contributed by atoms with van der Waals surface area (Å²) in [5.41, 5.74) is -0.370. The molecule has 1 amide bonds. The van der Waals surface area contributed by atoms with Gasteiger partial charge in [0.2, 0.25) is 5.91 Å². The second-order valence-corrected chi connectivity index (χ2v) is 4.76. The van der Waals surface area contributed by atoms with Crippen LogP contribution in [0.1, 0.15) is 12.8 Å². The van der Waals surface area contributed by atoms with Gasteiger partial charge in [-0.05, 0) is 32.0 Å². The highest BCUT2D eigenvalue weighted by Gasteiger charge is 2.16. The molecule has 2 rings (SSSR count). The quantitative estimate of drug-likeness (QED) is 0.633. The van der Waals surface area contributed by atoms with Crippen LogP contribution in [0.5, 0.6) is 0 Å². The third kappa shape index (κ3) is 4.76. The van der Waals surface area contributed by atoms with Gasteiger partial charge in [-0.3, -0.25) is 14.9 Å². The molecular weight excluding hydrogens is 281 g/mol. The molecule has 114 valence electrons. The van der Waals surface area contributed by atoms with E-state index < -0.39 is 22.3 Å². The van der Waals surface area contributed by atoms with Crippen molar-refractivity contribution in [1.82, 2.24) is 5.32 Å². The van der Waals surface area contributed by atoms with Crippen LogP contribution in [0.3, 0.4) is 0 Å². The number of nitrogens with zero attached hydrogens (tertiary/aromatic N) is 1. The molecular formula is C13H16FN3O4. The van der Waals surface area contributed by atoms with E-state index in [1.807, 2.05) is 0 Å². The Hall–Kier alpha value is -2.06. The van der Waals surface area contributed by atoms with E-state index in [0.717, 1.165) is 44.1 Å². The monoisotopic (exact) mass is 297 g/mol. The van der Waals surface area contributed by atoms with Crippen molar-refractivity contribution < 1.29 is 18.8 Å². The Kier molecular flexibility index (Phi) is 5.18.